The molecule has 0 aromatic heterocycles. The van der Waals surface area contributed by atoms with Crippen LogP contribution in [0.4, 0.5) is 5.69 Å². The Hall–Kier alpha value is -4.83. The molecule has 0 aliphatic carbocycles. The summed E-state index contributed by atoms with van der Waals surface area (Å²) in [4.78, 5) is 29.3. The van der Waals surface area contributed by atoms with Gasteiger partial charge in [-0.25, -0.2) is 8.42 Å². The number of nitrogens with one attached hydrogen (secondary N) is 1. The first-order chi connectivity index (χ1) is 22.2. The van der Waals surface area contributed by atoms with E-state index in [1.165, 1.54) is 17.0 Å². The molecular formula is C36H41N3O6S. The smallest absolute Gasteiger partial charge is 0.264 e. The lowest BCUT2D eigenvalue weighted by Gasteiger charge is -2.33. The van der Waals surface area contributed by atoms with Crippen LogP contribution in [0.5, 0.6) is 17.2 Å². The van der Waals surface area contributed by atoms with Crippen molar-refractivity contribution in [2.75, 3.05) is 18.0 Å². The summed E-state index contributed by atoms with van der Waals surface area (Å²) in [6.07, 6.45) is 1.05. The largest absolute Gasteiger partial charge is 0.497 e. The minimum atomic E-state index is -4.19. The van der Waals surface area contributed by atoms with Crippen LogP contribution in [0.2, 0.25) is 0 Å². The molecule has 0 aliphatic rings. The van der Waals surface area contributed by atoms with Crippen molar-refractivity contribution in [3.05, 3.63) is 115 Å². The first-order valence-electron chi connectivity index (χ1n) is 15.3. The average molecular weight is 644 g/mol. The molecule has 10 heteroatoms. The van der Waals surface area contributed by atoms with Gasteiger partial charge in [0, 0.05) is 12.6 Å². The van der Waals surface area contributed by atoms with E-state index in [-0.39, 0.29) is 29.1 Å². The van der Waals surface area contributed by atoms with Crippen LogP contribution in [-0.2, 0) is 26.2 Å². The van der Waals surface area contributed by atoms with Gasteiger partial charge in [-0.2, -0.15) is 0 Å². The number of rotatable bonds is 15. The molecule has 0 radical (unpaired) electrons. The van der Waals surface area contributed by atoms with Crippen LogP contribution >= 0.6 is 0 Å². The zero-order valence-electron chi connectivity index (χ0n) is 26.6. The number of anilines is 1. The summed E-state index contributed by atoms with van der Waals surface area (Å²) in [7, 11) is -2.63. The molecule has 2 atom stereocenters. The molecule has 0 fully saturated rings. The lowest BCUT2D eigenvalue weighted by Crippen LogP contribution is -2.53. The number of ether oxygens (including phenoxy) is 2. The van der Waals surface area contributed by atoms with Crippen molar-refractivity contribution in [1.82, 2.24) is 10.2 Å². The summed E-state index contributed by atoms with van der Waals surface area (Å²) in [6, 6.07) is 30.0. The molecule has 4 aromatic rings. The van der Waals surface area contributed by atoms with Gasteiger partial charge in [-0.1, -0.05) is 62.4 Å². The maximum Gasteiger partial charge on any atom is 0.264 e. The van der Waals surface area contributed by atoms with E-state index in [9.17, 15) is 18.0 Å². The fraction of sp³-hybridized carbons (Fsp3) is 0.278. The zero-order chi connectivity index (χ0) is 33.1. The molecule has 0 saturated carbocycles. The standard InChI is InChI=1S/C36H41N3O6S/c1-5-27(3)37-36(41)34(6-2)38(25-28-14-13-17-32(24-28)44-4)35(40)26-39(46(42,43)33-18-11-8-12-19-33)29-20-22-31(23-21-29)45-30-15-9-7-10-16-30/h7-24,27,34H,5-6,25-26H2,1-4H3,(H,37,41)/t27-,34+/m1/s1. The monoisotopic (exact) mass is 643 g/mol. The summed E-state index contributed by atoms with van der Waals surface area (Å²) in [5.41, 5.74) is 1.01. The van der Waals surface area contributed by atoms with Gasteiger partial charge in [0.15, 0.2) is 0 Å². The molecule has 0 saturated heterocycles. The van der Waals surface area contributed by atoms with Crippen molar-refractivity contribution in [2.24, 2.45) is 0 Å². The van der Waals surface area contributed by atoms with Crippen molar-refractivity contribution >= 4 is 27.5 Å². The molecule has 46 heavy (non-hydrogen) atoms. The highest BCUT2D eigenvalue weighted by molar-refractivity contribution is 7.92. The number of amides is 2. The van der Waals surface area contributed by atoms with Gasteiger partial charge in [0.1, 0.15) is 29.8 Å². The molecule has 9 nitrogen and oxygen atoms in total. The summed E-state index contributed by atoms with van der Waals surface area (Å²) < 4.78 is 40.6. The number of carbonyl (C=O) groups is 2. The lowest BCUT2D eigenvalue weighted by atomic mass is 10.1. The molecule has 0 aliphatic heterocycles. The third-order valence-electron chi connectivity index (χ3n) is 7.59. The maximum absolute atomic E-state index is 14.3. The lowest BCUT2D eigenvalue weighted by molar-refractivity contribution is -0.140. The van der Waals surface area contributed by atoms with Crippen molar-refractivity contribution in [2.45, 2.75) is 57.1 Å². The number of hydrogen-bond acceptors (Lipinski definition) is 6. The molecule has 4 rings (SSSR count). The van der Waals surface area contributed by atoms with E-state index in [4.69, 9.17) is 9.47 Å². The predicted octanol–water partition coefficient (Wildman–Crippen LogP) is 6.40. The second-order valence-corrected chi connectivity index (χ2v) is 12.7. The van der Waals surface area contributed by atoms with E-state index in [1.807, 2.05) is 63.2 Å². The Morgan fingerprint density at radius 1 is 0.783 bits per heavy atom. The number of para-hydroxylation sites is 1. The Morgan fingerprint density at radius 3 is 2.00 bits per heavy atom. The van der Waals surface area contributed by atoms with Crippen LogP contribution in [0.1, 0.15) is 39.2 Å². The Labute approximate surface area is 271 Å². The topological polar surface area (TPSA) is 105 Å². The molecule has 0 bridgehead atoms. The van der Waals surface area contributed by atoms with E-state index < -0.39 is 28.5 Å². The highest BCUT2D eigenvalue weighted by atomic mass is 32.2. The molecule has 242 valence electrons. The van der Waals surface area contributed by atoms with Gasteiger partial charge in [0.2, 0.25) is 11.8 Å². The third-order valence-corrected chi connectivity index (χ3v) is 9.38. The third kappa shape index (κ3) is 8.66. The number of benzene rings is 4. The molecule has 0 heterocycles. The minimum Gasteiger partial charge on any atom is -0.497 e. The quantitative estimate of drug-likeness (QED) is 0.161. The van der Waals surface area contributed by atoms with Crippen LogP contribution in [0.15, 0.2) is 114 Å². The Bertz CT molecular complexity index is 1680. The van der Waals surface area contributed by atoms with E-state index in [0.29, 0.717) is 23.7 Å². The van der Waals surface area contributed by atoms with Gasteiger partial charge in [0.05, 0.1) is 17.7 Å². The SMILES string of the molecule is CC[C@@H](C)NC(=O)[C@H](CC)N(Cc1cccc(OC)c1)C(=O)CN(c1ccc(Oc2ccccc2)cc1)S(=O)(=O)c1ccccc1. The first-order valence-corrected chi connectivity index (χ1v) is 16.7. The Kier molecular flexibility index (Phi) is 11.8. The number of methoxy groups -OCH3 is 1. The van der Waals surface area contributed by atoms with Crippen molar-refractivity contribution < 1.29 is 27.5 Å². The number of carbonyl (C=O) groups excluding carboxylic acids is 2. The highest BCUT2D eigenvalue weighted by Crippen LogP contribution is 2.29. The van der Waals surface area contributed by atoms with Crippen molar-refractivity contribution in [3.63, 3.8) is 0 Å². The first kappa shape index (κ1) is 34.1. The number of hydrogen-bond donors (Lipinski definition) is 1. The van der Waals surface area contributed by atoms with E-state index in [2.05, 4.69) is 5.32 Å². The predicted molar refractivity (Wildman–Crippen MR) is 179 cm³/mol. The molecule has 0 unspecified atom stereocenters. The van der Waals surface area contributed by atoms with Crippen LogP contribution in [0, 0.1) is 0 Å². The van der Waals surface area contributed by atoms with Crippen molar-refractivity contribution in [3.8, 4) is 17.2 Å². The molecule has 0 spiro atoms. The normalized spacial score (nSPS) is 12.4. The minimum absolute atomic E-state index is 0.0355. The van der Waals surface area contributed by atoms with Gasteiger partial charge >= 0.3 is 0 Å². The van der Waals surface area contributed by atoms with Crippen LogP contribution in [-0.4, -0.2) is 50.9 Å². The summed E-state index contributed by atoms with van der Waals surface area (Å²) in [5.74, 6) is 0.915. The van der Waals surface area contributed by atoms with E-state index in [0.717, 1.165) is 16.3 Å². The van der Waals surface area contributed by atoms with E-state index >= 15 is 0 Å². The summed E-state index contributed by atoms with van der Waals surface area (Å²) in [5, 5.41) is 2.99. The Balaban J connectivity index is 1.72. The van der Waals surface area contributed by atoms with Crippen molar-refractivity contribution in [1.29, 1.82) is 0 Å². The second kappa shape index (κ2) is 15.9. The van der Waals surface area contributed by atoms with Crippen LogP contribution in [0.25, 0.3) is 0 Å². The van der Waals surface area contributed by atoms with Crippen LogP contribution in [0.3, 0.4) is 0 Å². The highest BCUT2D eigenvalue weighted by Gasteiger charge is 2.34. The Morgan fingerprint density at radius 2 is 1.39 bits per heavy atom. The number of nitrogens with zero attached hydrogens (tertiary/aromatic N) is 2. The molecule has 2 amide bonds. The van der Waals surface area contributed by atoms with Gasteiger partial charge in [-0.05, 0) is 86.0 Å². The van der Waals surface area contributed by atoms with Gasteiger partial charge in [-0.15, -0.1) is 0 Å². The van der Waals surface area contributed by atoms with E-state index in [1.54, 1.807) is 61.7 Å². The van der Waals surface area contributed by atoms with Gasteiger partial charge in [-0.3, -0.25) is 13.9 Å². The molecule has 4 aromatic carbocycles. The number of sulfonamides is 1. The zero-order valence-corrected chi connectivity index (χ0v) is 27.4. The molecule has 1 N–H and O–H groups in total. The fourth-order valence-electron chi connectivity index (χ4n) is 4.88. The summed E-state index contributed by atoms with van der Waals surface area (Å²) >= 11 is 0. The fourth-order valence-corrected chi connectivity index (χ4v) is 6.32. The summed E-state index contributed by atoms with van der Waals surface area (Å²) in [6.45, 7) is 5.24. The second-order valence-electron chi connectivity index (χ2n) is 10.8. The molecular weight excluding hydrogens is 602 g/mol. The average Bonchev–Trinajstić information content (AvgIpc) is 3.08. The van der Waals surface area contributed by atoms with Gasteiger partial charge < -0.3 is 19.7 Å². The van der Waals surface area contributed by atoms with Crippen LogP contribution < -0.4 is 19.1 Å². The van der Waals surface area contributed by atoms with Gasteiger partial charge in [0.25, 0.3) is 10.0 Å². The maximum atomic E-state index is 14.3.